The molecule has 0 spiro atoms. The number of hydrogen-bond donors (Lipinski definition) is 0. The van der Waals surface area contributed by atoms with Gasteiger partial charge in [-0.2, -0.15) is 0 Å². The highest BCUT2D eigenvalue weighted by molar-refractivity contribution is 7.99. The smallest absolute Gasteiger partial charge is 0.196 e. The van der Waals surface area contributed by atoms with Crippen molar-refractivity contribution in [3.05, 3.63) is 60.1 Å². The van der Waals surface area contributed by atoms with Crippen molar-refractivity contribution >= 4 is 23.4 Å². The predicted molar refractivity (Wildman–Crippen MR) is 106 cm³/mol. The lowest BCUT2D eigenvalue weighted by molar-refractivity contribution is 0.414. The van der Waals surface area contributed by atoms with Crippen molar-refractivity contribution in [1.82, 2.24) is 14.8 Å². The van der Waals surface area contributed by atoms with Crippen LogP contribution in [0.2, 0.25) is 0 Å². The zero-order valence-electron chi connectivity index (χ0n) is 14.4. The van der Waals surface area contributed by atoms with E-state index in [1.807, 2.05) is 59.2 Å². The summed E-state index contributed by atoms with van der Waals surface area (Å²) in [5.74, 6) is 2.95. The van der Waals surface area contributed by atoms with Gasteiger partial charge >= 0.3 is 0 Å². The second kappa shape index (κ2) is 8.78. The number of nitrogens with zero attached hydrogens (tertiary/aromatic N) is 3. The van der Waals surface area contributed by atoms with Gasteiger partial charge in [0.1, 0.15) is 11.5 Å². The SMILES string of the molecule is COc1ccc(-n2c(SC/C=C/Cl)nnc2-c2ccccc2OC)cc1. The van der Waals surface area contributed by atoms with Crippen molar-refractivity contribution in [3.63, 3.8) is 0 Å². The third-order valence-corrected chi connectivity index (χ3v) is 4.77. The predicted octanol–water partition coefficient (Wildman–Crippen LogP) is 4.80. The first-order valence-corrected chi connectivity index (χ1v) is 9.32. The van der Waals surface area contributed by atoms with Gasteiger partial charge in [-0.3, -0.25) is 4.57 Å². The van der Waals surface area contributed by atoms with Crippen LogP contribution in [-0.2, 0) is 0 Å². The Kier molecular flexibility index (Phi) is 6.20. The molecular formula is C19H18ClN3O2S. The number of rotatable bonds is 7. The molecule has 0 radical (unpaired) electrons. The molecule has 0 amide bonds. The molecule has 26 heavy (non-hydrogen) atoms. The molecular weight excluding hydrogens is 370 g/mol. The number of hydrogen-bond acceptors (Lipinski definition) is 5. The molecule has 0 aliphatic heterocycles. The van der Waals surface area contributed by atoms with E-state index in [-0.39, 0.29) is 0 Å². The fraction of sp³-hybridized carbons (Fsp3) is 0.158. The zero-order valence-corrected chi connectivity index (χ0v) is 16.0. The molecule has 1 heterocycles. The van der Waals surface area contributed by atoms with Crippen molar-refractivity contribution in [1.29, 1.82) is 0 Å². The van der Waals surface area contributed by atoms with E-state index in [0.717, 1.165) is 27.9 Å². The fourth-order valence-corrected chi connectivity index (χ4v) is 3.45. The highest BCUT2D eigenvalue weighted by Gasteiger charge is 2.18. The van der Waals surface area contributed by atoms with Crippen LogP contribution in [0, 0.1) is 0 Å². The summed E-state index contributed by atoms with van der Waals surface area (Å²) in [6.45, 7) is 0. The number of aromatic nitrogens is 3. The molecule has 134 valence electrons. The van der Waals surface area contributed by atoms with Crippen LogP contribution in [0.3, 0.4) is 0 Å². The number of benzene rings is 2. The van der Waals surface area contributed by atoms with Gasteiger partial charge in [0.05, 0.1) is 25.5 Å². The first-order valence-electron chi connectivity index (χ1n) is 7.89. The Bertz CT molecular complexity index is 894. The Morgan fingerprint density at radius 1 is 1.04 bits per heavy atom. The number of thioether (sulfide) groups is 1. The Labute approximate surface area is 161 Å². The Morgan fingerprint density at radius 3 is 2.50 bits per heavy atom. The van der Waals surface area contributed by atoms with Crippen molar-refractivity contribution in [2.75, 3.05) is 20.0 Å². The number of methoxy groups -OCH3 is 2. The molecule has 7 heteroatoms. The van der Waals surface area contributed by atoms with Crippen molar-refractivity contribution in [2.24, 2.45) is 0 Å². The van der Waals surface area contributed by atoms with Crippen LogP contribution in [0.1, 0.15) is 0 Å². The zero-order chi connectivity index (χ0) is 18.4. The van der Waals surface area contributed by atoms with Crippen LogP contribution in [0.15, 0.2) is 65.3 Å². The molecule has 0 aliphatic rings. The molecule has 3 aromatic rings. The normalized spacial score (nSPS) is 11.0. The number of halogens is 1. The van der Waals surface area contributed by atoms with Crippen LogP contribution in [0.5, 0.6) is 11.5 Å². The van der Waals surface area contributed by atoms with Crippen LogP contribution in [-0.4, -0.2) is 34.7 Å². The molecule has 0 aliphatic carbocycles. The lowest BCUT2D eigenvalue weighted by atomic mass is 10.2. The summed E-state index contributed by atoms with van der Waals surface area (Å²) in [5, 5.41) is 9.56. The quantitative estimate of drug-likeness (QED) is 0.545. The molecule has 3 rings (SSSR count). The molecule has 0 fully saturated rings. The molecule has 0 saturated heterocycles. The van der Waals surface area contributed by atoms with E-state index < -0.39 is 0 Å². The average Bonchev–Trinajstić information content (AvgIpc) is 3.12. The average molecular weight is 388 g/mol. The van der Waals surface area contributed by atoms with Crippen LogP contribution < -0.4 is 9.47 Å². The van der Waals surface area contributed by atoms with Gasteiger partial charge in [0.2, 0.25) is 0 Å². The van der Waals surface area contributed by atoms with Crippen molar-refractivity contribution in [2.45, 2.75) is 5.16 Å². The Balaban J connectivity index is 2.12. The molecule has 0 bridgehead atoms. The van der Waals surface area contributed by atoms with Gasteiger partial charge in [-0.05, 0) is 36.4 Å². The largest absolute Gasteiger partial charge is 0.497 e. The van der Waals surface area contributed by atoms with E-state index in [1.54, 1.807) is 26.0 Å². The van der Waals surface area contributed by atoms with E-state index in [9.17, 15) is 0 Å². The van der Waals surface area contributed by atoms with Gasteiger partial charge in [0.15, 0.2) is 11.0 Å². The topological polar surface area (TPSA) is 49.2 Å². The molecule has 5 nitrogen and oxygen atoms in total. The van der Waals surface area contributed by atoms with Gasteiger partial charge in [-0.25, -0.2) is 0 Å². The minimum absolute atomic E-state index is 0.698. The second-order valence-corrected chi connectivity index (χ2v) is 6.45. The van der Waals surface area contributed by atoms with Crippen molar-refractivity contribution < 1.29 is 9.47 Å². The lowest BCUT2D eigenvalue weighted by Crippen LogP contribution is -2.01. The van der Waals surface area contributed by atoms with E-state index in [1.165, 1.54) is 5.54 Å². The van der Waals surface area contributed by atoms with Crippen LogP contribution >= 0.6 is 23.4 Å². The van der Waals surface area contributed by atoms with Gasteiger partial charge in [0.25, 0.3) is 0 Å². The van der Waals surface area contributed by atoms with Gasteiger partial charge in [0, 0.05) is 11.3 Å². The first-order chi connectivity index (χ1) is 12.8. The minimum atomic E-state index is 0.698. The lowest BCUT2D eigenvalue weighted by Gasteiger charge is -2.12. The number of para-hydroxylation sites is 1. The summed E-state index contributed by atoms with van der Waals surface area (Å²) < 4.78 is 12.8. The van der Waals surface area contributed by atoms with Gasteiger partial charge < -0.3 is 9.47 Å². The Hall–Kier alpha value is -2.44. The molecule has 2 aromatic carbocycles. The summed E-state index contributed by atoms with van der Waals surface area (Å²) in [6, 6.07) is 15.5. The van der Waals surface area contributed by atoms with Crippen molar-refractivity contribution in [3.8, 4) is 28.6 Å². The molecule has 0 N–H and O–H groups in total. The fourth-order valence-electron chi connectivity index (χ4n) is 2.49. The summed E-state index contributed by atoms with van der Waals surface area (Å²) in [4.78, 5) is 0. The maximum absolute atomic E-state index is 5.63. The third kappa shape index (κ3) is 3.86. The number of ether oxygens (including phenoxy) is 2. The Morgan fingerprint density at radius 2 is 1.81 bits per heavy atom. The van der Waals surface area contributed by atoms with Gasteiger partial charge in [-0.15, -0.1) is 10.2 Å². The minimum Gasteiger partial charge on any atom is -0.497 e. The first kappa shape index (κ1) is 18.4. The summed E-state index contributed by atoms with van der Waals surface area (Å²) in [7, 11) is 3.29. The second-order valence-electron chi connectivity index (χ2n) is 5.21. The van der Waals surface area contributed by atoms with Gasteiger partial charge in [-0.1, -0.05) is 41.6 Å². The summed E-state index contributed by atoms with van der Waals surface area (Å²) >= 11 is 7.18. The maximum Gasteiger partial charge on any atom is 0.196 e. The highest BCUT2D eigenvalue weighted by atomic mass is 35.5. The van der Waals surface area contributed by atoms with E-state index in [2.05, 4.69) is 10.2 Å². The monoisotopic (exact) mass is 387 g/mol. The van der Waals surface area contributed by atoms with E-state index >= 15 is 0 Å². The third-order valence-electron chi connectivity index (χ3n) is 3.71. The summed E-state index contributed by atoms with van der Waals surface area (Å²) in [5.41, 5.74) is 3.31. The molecule has 1 aromatic heterocycles. The molecule has 0 saturated carbocycles. The highest BCUT2D eigenvalue weighted by Crippen LogP contribution is 2.33. The van der Waals surface area contributed by atoms with Crippen LogP contribution in [0.25, 0.3) is 17.1 Å². The molecule has 0 atom stereocenters. The summed E-state index contributed by atoms with van der Waals surface area (Å²) in [6.07, 6.45) is 1.86. The maximum atomic E-state index is 5.63. The molecule has 0 unspecified atom stereocenters. The van der Waals surface area contributed by atoms with E-state index in [4.69, 9.17) is 21.1 Å². The van der Waals surface area contributed by atoms with Crippen LogP contribution in [0.4, 0.5) is 0 Å². The van der Waals surface area contributed by atoms with E-state index in [0.29, 0.717) is 11.6 Å². The standard InChI is InChI=1S/C19H18ClN3O2S/c1-24-15-10-8-14(9-11-15)23-18(16-6-3-4-7-17(16)25-2)21-22-19(23)26-13-5-12-20/h3-12H,13H2,1-2H3/b12-5+.